The van der Waals surface area contributed by atoms with Crippen molar-refractivity contribution in [3.63, 3.8) is 0 Å². The topological polar surface area (TPSA) is 109 Å². The van der Waals surface area contributed by atoms with Crippen LogP contribution in [0.15, 0.2) is 40.8 Å². The zero-order valence-electron chi connectivity index (χ0n) is 20.6. The van der Waals surface area contributed by atoms with Crippen molar-refractivity contribution < 1.29 is 26.8 Å². The van der Waals surface area contributed by atoms with Crippen LogP contribution >= 0.6 is 0 Å². The van der Waals surface area contributed by atoms with E-state index < -0.39 is 15.8 Å². The first kappa shape index (κ1) is 25.4. The smallest absolute Gasteiger partial charge is 0.255 e. The highest BCUT2D eigenvalue weighted by molar-refractivity contribution is 7.89. The molecule has 0 bridgehead atoms. The van der Waals surface area contributed by atoms with E-state index >= 15 is 0 Å². The molecule has 1 aromatic heterocycles. The molecule has 1 aliphatic carbocycles. The average Bonchev–Trinajstić information content (AvgIpc) is 3.57. The lowest BCUT2D eigenvalue weighted by atomic mass is 9.89. The van der Waals surface area contributed by atoms with Gasteiger partial charge in [0.2, 0.25) is 16.4 Å². The lowest BCUT2D eigenvalue weighted by Gasteiger charge is -2.34. The summed E-state index contributed by atoms with van der Waals surface area (Å²) >= 11 is 0. The molecule has 1 aliphatic heterocycles. The minimum atomic E-state index is -3.40. The highest BCUT2D eigenvalue weighted by Crippen LogP contribution is 2.41. The number of halogens is 1. The Morgan fingerprint density at radius 2 is 1.84 bits per heavy atom. The van der Waals surface area contributed by atoms with Gasteiger partial charge in [0, 0.05) is 42.8 Å². The fourth-order valence-corrected chi connectivity index (χ4v) is 7.79. The summed E-state index contributed by atoms with van der Waals surface area (Å²) in [7, 11) is -1.88. The molecule has 1 saturated carbocycles. The predicted octanol–water partition coefficient (Wildman–Crippen LogP) is 4.62. The van der Waals surface area contributed by atoms with Gasteiger partial charge in [-0.2, -0.15) is 0 Å². The molecule has 8 nitrogen and oxygen atoms in total. The standard InChI is InChI=1S/C27H30FN3O5S/c1-29-27(33)25-22-13-21(18-5-4-12-31(15-18)37(34,35)20-6-2-3-7-20)23(30-16-32)14-24(22)36-26(25)17-8-10-19(28)11-9-17/h8-11,13-14,16,18,20H,2-7,12,15H2,1H3,(H,29,33)(H,30,32)/t18-/m0/s1. The SMILES string of the molecule is CNC(=O)c1c(-c2ccc(F)cc2)oc2cc(NC=O)c([C@H]3CCCN(S(=O)(=O)C4CCCC4)C3)cc12. The maximum Gasteiger partial charge on any atom is 0.255 e. The number of carbonyl (C=O) groups excluding carboxylic acids is 2. The molecule has 2 heterocycles. The minimum Gasteiger partial charge on any atom is -0.455 e. The number of amides is 2. The second-order valence-corrected chi connectivity index (χ2v) is 12.0. The predicted molar refractivity (Wildman–Crippen MR) is 139 cm³/mol. The largest absolute Gasteiger partial charge is 0.455 e. The zero-order valence-corrected chi connectivity index (χ0v) is 21.4. The quantitative estimate of drug-likeness (QED) is 0.436. The Morgan fingerprint density at radius 3 is 2.51 bits per heavy atom. The molecule has 2 amide bonds. The Morgan fingerprint density at radius 1 is 1.11 bits per heavy atom. The molecule has 0 unspecified atom stereocenters. The van der Waals surface area contributed by atoms with Gasteiger partial charge in [-0.05, 0) is 67.5 Å². The van der Waals surface area contributed by atoms with E-state index in [9.17, 15) is 22.4 Å². The normalized spacial score (nSPS) is 19.2. The maximum absolute atomic E-state index is 13.5. The van der Waals surface area contributed by atoms with E-state index in [1.165, 1.54) is 31.3 Å². The average molecular weight is 528 g/mol. The lowest BCUT2D eigenvalue weighted by molar-refractivity contribution is -0.105. The van der Waals surface area contributed by atoms with Gasteiger partial charge in [-0.25, -0.2) is 17.1 Å². The van der Waals surface area contributed by atoms with E-state index in [1.54, 1.807) is 10.4 Å². The molecule has 2 aliphatic rings. The number of anilines is 1. The van der Waals surface area contributed by atoms with Gasteiger partial charge in [0.1, 0.15) is 17.2 Å². The summed E-state index contributed by atoms with van der Waals surface area (Å²) in [4.78, 5) is 24.4. The molecule has 3 aromatic rings. The summed E-state index contributed by atoms with van der Waals surface area (Å²) in [5, 5.41) is 5.60. The van der Waals surface area contributed by atoms with Crippen molar-refractivity contribution >= 4 is 39.0 Å². The molecule has 2 fully saturated rings. The van der Waals surface area contributed by atoms with Crippen molar-refractivity contribution in [1.29, 1.82) is 0 Å². The van der Waals surface area contributed by atoms with Crippen LogP contribution < -0.4 is 10.6 Å². The van der Waals surface area contributed by atoms with Crippen LogP contribution in [0.1, 0.15) is 60.4 Å². The molecule has 0 spiro atoms. The van der Waals surface area contributed by atoms with Crippen LogP contribution in [0.3, 0.4) is 0 Å². The molecular formula is C27H30FN3O5S. The van der Waals surface area contributed by atoms with E-state index in [-0.39, 0.29) is 22.8 Å². The molecular weight excluding hydrogens is 497 g/mol. The fourth-order valence-electron chi connectivity index (χ4n) is 5.67. The highest BCUT2D eigenvalue weighted by atomic mass is 32.2. The van der Waals surface area contributed by atoms with Crippen molar-refractivity contribution in [1.82, 2.24) is 9.62 Å². The van der Waals surface area contributed by atoms with Gasteiger partial charge in [-0.1, -0.05) is 12.8 Å². The molecule has 37 heavy (non-hydrogen) atoms. The summed E-state index contributed by atoms with van der Waals surface area (Å²) in [6.45, 7) is 0.799. The second kappa shape index (κ2) is 10.3. The number of benzene rings is 2. The first-order chi connectivity index (χ1) is 17.8. The number of rotatable bonds is 7. The van der Waals surface area contributed by atoms with E-state index in [1.807, 2.05) is 6.07 Å². The van der Waals surface area contributed by atoms with Crippen molar-refractivity contribution in [3.05, 3.63) is 53.3 Å². The molecule has 0 radical (unpaired) electrons. The molecule has 2 aromatic carbocycles. The lowest BCUT2D eigenvalue weighted by Crippen LogP contribution is -2.43. The van der Waals surface area contributed by atoms with E-state index in [4.69, 9.17) is 4.42 Å². The van der Waals surface area contributed by atoms with Gasteiger partial charge < -0.3 is 15.1 Å². The van der Waals surface area contributed by atoms with E-state index in [2.05, 4.69) is 10.6 Å². The van der Waals surface area contributed by atoms with Crippen molar-refractivity contribution in [2.75, 3.05) is 25.5 Å². The van der Waals surface area contributed by atoms with Gasteiger partial charge in [0.05, 0.1) is 10.8 Å². The van der Waals surface area contributed by atoms with Crippen LogP contribution in [0.25, 0.3) is 22.3 Å². The van der Waals surface area contributed by atoms with E-state index in [0.29, 0.717) is 66.5 Å². The molecule has 10 heteroatoms. The van der Waals surface area contributed by atoms with E-state index in [0.717, 1.165) is 24.8 Å². The molecule has 5 rings (SSSR count). The van der Waals surface area contributed by atoms with Gasteiger partial charge in [-0.3, -0.25) is 9.59 Å². The summed E-state index contributed by atoms with van der Waals surface area (Å²) in [5.41, 5.74) is 2.48. The summed E-state index contributed by atoms with van der Waals surface area (Å²) in [5.74, 6) is -0.652. The first-order valence-corrected chi connectivity index (χ1v) is 14.1. The number of sulfonamides is 1. The van der Waals surface area contributed by atoms with Crippen LogP contribution in [-0.2, 0) is 14.8 Å². The monoisotopic (exact) mass is 527 g/mol. The number of nitrogens with zero attached hydrogens (tertiary/aromatic N) is 1. The summed E-state index contributed by atoms with van der Waals surface area (Å²) in [6, 6.07) is 9.15. The summed E-state index contributed by atoms with van der Waals surface area (Å²) < 4.78 is 47.8. The summed E-state index contributed by atoms with van der Waals surface area (Å²) in [6.07, 6.45) is 5.28. The Balaban J connectivity index is 1.60. The zero-order chi connectivity index (χ0) is 26.2. The third-order valence-electron chi connectivity index (χ3n) is 7.54. The highest BCUT2D eigenvalue weighted by Gasteiger charge is 2.37. The van der Waals surface area contributed by atoms with Crippen LogP contribution in [0.2, 0.25) is 0 Å². The van der Waals surface area contributed by atoms with Gasteiger partial charge in [0.25, 0.3) is 5.91 Å². The Hall–Kier alpha value is -3.24. The second-order valence-electron chi connectivity index (χ2n) is 9.74. The molecule has 2 N–H and O–H groups in total. The van der Waals surface area contributed by atoms with Crippen molar-refractivity contribution in [2.24, 2.45) is 0 Å². The Bertz CT molecular complexity index is 1430. The van der Waals surface area contributed by atoms with Crippen molar-refractivity contribution in [3.8, 4) is 11.3 Å². The third kappa shape index (κ3) is 4.75. The number of nitrogens with one attached hydrogen (secondary N) is 2. The van der Waals surface area contributed by atoms with Crippen LogP contribution in [0.5, 0.6) is 0 Å². The molecule has 1 atom stereocenters. The third-order valence-corrected chi connectivity index (χ3v) is 9.91. The van der Waals surface area contributed by atoms with Gasteiger partial charge in [-0.15, -0.1) is 0 Å². The van der Waals surface area contributed by atoms with Gasteiger partial charge in [0.15, 0.2) is 0 Å². The van der Waals surface area contributed by atoms with Crippen molar-refractivity contribution in [2.45, 2.75) is 49.7 Å². The number of hydrogen-bond donors (Lipinski definition) is 2. The number of carbonyl (C=O) groups is 2. The maximum atomic E-state index is 13.5. The Labute approximate surface area is 215 Å². The number of furan rings is 1. The van der Waals surface area contributed by atoms with Crippen LogP contribution in [0, 0.1) is 5.82 Å². The van der Waals surface area contributed by atoms with Gasteiger partial charge >= 0.3 is 0 Å². The minimum absolute atomic E-state index is 0.168. The molecule has 196 valence electrons. The molecule has 1 saturated heterocycles. The van der Waals surface area contributed by atoms with Crippen LogP contribution in [0.4, 0.5) is 10.1 Å². The fraction of sp³-hybridized carbons (Fsp3) is 0.407. The first-order valence-electron chi connectivity index (χ1n) is 12.6. The number of fused-ring (bicyclic) bond motifs is 1. The number of hydrogen-bond acceptors (Lipinski definition) is 5. The Kier molecular flexibility index (Phi) is 7.04. The van der Waals surface area contributed by atoms with Crippen LogP contribution in [-0.4, -0.2) is 50.4 Å². The number of piperidine rings is 1.